The van der Waals surface area contributed by atoms with Crippen LogP contribution in [0.25, 0.3) is 11.0 Å². The van der Waals surface area contributed by atoms with Gasteiger partial charge < -0.3 is 9.73 Å². The molecule has 1 saturated heterocycles. The van der Waals surface area contributed by atoms with Crippen molar-refractivity contribution >= 4 is 28.5 Å². The molecule has 1 aliphatic rings. The number of likely N-dealkylation sites (tertiary alicyclic amines) is 1. The second kappa shape index (κ2) is 8.83. The van der Waals surface area contributed by atoms with Crippen molar-refractivity contribution in [2.75, 3.05) is 19.6 Å². The quantitative estimate of drug-likeness (QED) is 0.548. The van der Waals surface area contributed by atoms with Crippen LogP contribution in [0.4, 0.5) is 0 Å². The van der Waals surface area contributed by atoms with E-state index < -0.39 is 0 Å². The molecule has 0 radical (unpaired) electrons. The van der Waals surface area contributed by atoms with Gasteiger partial charge in [0.25, 0.3) is 5.91 Å². The zero-order valence-corrected chi connectivity index (χ0v) is 18.7. The smallest absolute Gasteiger partial charge is 0.287 e. The third-order valence-electron chi connectivity index (χ3n) is 6.12. The first kappa shape index (κ1) is 21.0. The highest BCUT2D eigenvalue weighted by Gasteiger charge is 2.25. The van der Waals surface area contributed by atoms with Gasteiger partial charge in [-0.15, -0.1) is 0 Å². The van der Waals surface area contributed by atoms with Crippen LogP contribution in [0.5, 0.6) is 0 Å². The summed E-state index contributed by atoms with van der Waals surface area (Å²) in [4.78, 5) is 15.5. The second-order valence-corrected chi connectivity index (χ2v) is 8.82. The van der Waals surface area contributed by atoms with E-state index in [0.29, 0.717) is 12.3 Å². The van der Waals surface area contributed by atoms with Gasteiger partial charge in [-0.1, -0.05) is 36.2 Å². The van der Waals surface area contributed by atoms with Crippen LogP contribution >= 0.6 is 11.6 Å². The summed E-state index contributed by atoms with van der Waals surface area (Å²) in [5.41, 5.74) is 5.13. The number of aryl methyl sites for hydroxylation is 3. The Bertz CT molecular complexity index is 1050. The Hall–Kier alpha value is -2.30. The Morgan fingerprint density at radius 1 is 1.10 bits per heavy atom. The Kier molecular flexibility index (Phi) is 6.16. The van der Waals surface area contributed by atoms with Crippen LogP contribution in [-0.4, -0.2) is 30.4 Å². The van der Waals surface area contributed by atoms with E-state index in [-0.39, 0.29) is 11.9 Å². The van der Waals surface area contributed by atoms with E-state index in [4.69, 9.17) is 16.0 Å². The monoisotopic (exact) mass is 424 g/mol. The largest absolute Gasteiger partial charge is 0.451 e. The molecule has 1 unspecified atom stereocenters. The molecule has 1 aromatic heterocycles. The molecular formula is C25H29ClN2O2. The fourth-order valence-electron chi connectivity index (χ4n) is 4.65. The lowest BCUT2D eigenvalue weighted by Crippen LogP contribution is -2.40. The zero-order chi connectivity index (χ0) is 21.3. The van der Waals surface area contributed by atoms with E-state index in [9.17, 15) is 4.79 Å². The lowest BCUT2D eigenvalue weighted by Gasteiger charge is -2.35. The van der Waals surface area contributed by atoms with Gasteiger partial charge in [-0.3, -0.25) is 9.69 Å². The van der Waals surface area contributed by atoms with E-state index in [1.54, 1.807) is 0 Å². The number of furan rings is 1. The van der Waals surface area contributed by atoms with Gasteiger partial charge in [0, 0.05) is 22.5 Å². The number of nitrogens with zero attached hydrogens (tertiary/aromatic N) is 1. The molecule has 3 aromatic rings. The number of carbonyl (C=O) groups is 1. The second-order valence-electron chi connectivity index (χ2n) is 8.39. The minimum absolute atomic E-state index is 0.125. The number of hydrogen-bond donors (Lipinski definition) is 1. The Balaban J connectivity index is 1.56. The lowest BCUT2D eigenvalue weighted by molar-refractivity contribution is 0.0898. The maximum atomic E-state index is 13.1. The van der Waals surface area contributed by atoms with Gasteiger partial charge in [-0.05, 0) is 81.6 Å². The summed E-state index contributed by atoms with van der Waals surface area (Å²) in [5, 5.41) is 4.90. The predicted octanol–water partition coefficient (Wildman–Crippen LogP) is 5.97. The molecule has 0 spiro atoms. The predicted molar refractivity (Wildman–Crippen MR) is 122 cm³/mol. The Morgan fingerprint density at radius 2 is 1.80 bits per heavy atom. The fourth-order valence-corrected chi connectivity index (χ4v) is 4.77. The van der Waals surface area contributed by atoms with Crippen molar-refractivity contribution in [1.29, 1.82) is 0 Å². The molecule has 1 aliphatic heterocycles. The molecule has 30 heavy (non-hydrogen) atoms. The van der Waals surface area contributed by atoms with Crippen molar-refractivity contribution in [3.63, 3.8) is 0 Å². The summed E-state index contributed by atoms with van der Waals surface area (Å²) in [6.07, 6.45) is 3.66. The normalized spacial score (nSPS) is 16.0. The summed E-state index contributed by atoms with van der Waals surface area (Å²) in [5.74, 6) is 0.254. The van der Waals surface area contributed by atoms with E-state index in [1.807, 2.05) is 32.0 Å². The Morgan fingerprint density at radius 3 is 2.50 bits per heavy atom. The van der Waals surface area contributed by atoms with Crippen molar-refractivity contribution in [2.24, 2.45) is 0 Å². The third kappa shape index (κ3) is 4.26. The molecule has 4 nitrogen and oxygen atoms in total. The van der Waals surface area contributed by atoms with Gasteiger partial charge in [0.1, 0.15) is 5.58 Å². The van der Waals surface area contributed by atoms with Crippen molar-refractivity contribution in [3.8, 4) is 0 Å². The lowest BCUT2D eigenvalue weighted by atomic mass is 10.0. The van der Waals surface area contributed by atoms with Crippen LogP contribution in [0.1, 0.15) is 58.1 Å². The van der Waals surface area contributed by atoms with Crippen LogP contribution in [0.3, 0.4) is 0 Å². The van der Waals surface area contributed by atoms with Gasteiger partial charge in [0.2, 0.25) is 0 Å². The molecule has 0 saturated carbocycles. The van der Waals surface area contributed by atoms with Gasteiger partial charge >= 0.3 is 0 Å². The first-order valence-corrected chi connectivity index (χ1v) is 11.1. The van der Waals surface area contributed by atoms with Crippen LogP contribution in [0, 0.1) is 20.8 Å². The van der Waals surface area contributed by atoms with E-state index >= 15 is 0 Å². The molecule has 0 bridgehead atoms. The number of rotatable bonds is 5. The van der Waals surface area contributed by atoms with Crippen LogP contribution in [0.15, 0.2) is 40.8 Å². The number of benzene rings is 2. The molecule has 1 amide bonds. The zero-order valence-electron chi connectivity index (χ0n) is 17.9. The first-order chi connectivity index (χ1) is 14.4. The molecule has 2 heterocycles. The summed E-state index contributed by atoms with van der Waals surface area (Å²) >= 11 is 6.09. The molecule has 1 fully saturated rings. The Labute approximate surface area is 183 Å². The number of halogens is 1. The molecule has 4 rings (SSSR count). The number of carbonyl (C=O) groups excluding carboxylic acids is 1. The average Bonchev–Trinajstić information content (AvgIpc) is 3.06. The van der Waals surface area contributed by atoms with E-state index in [2.05, 4.69) is 35.3 Å². The number of amides is 1. The maximum Gasteiger partial charge on any atom is 0.287 e. The minimum atomic E-state index is -0.156. The van der Waals surface area contributed by atoms with Gasteiger partial charge in [-0.2, -0.15) is 0 Å². The highest BCUT2D eigenvalue weighted by molar-refractivity contribution is 6.30. The van der Waals surface area contributed by atoms with Crippen LogP contribution in [-0.2, 0) is 0 Å². The van der Waals surface area contributed by atoms with E-state index in [1.165, 1.54) is 24.8 Å². The molecular weight excluding hydrogens is 396 g/mol. The van der Waals surface area contributed by atoms with Crippen molar-refractivity contribution < 1.29 is 9.21 Å². The summed E-state index contributed by atoms with van der Waals surface area (Å²) in [6.45, 7) is 8.70. The summed E-state index contributed by atoms with van der Waals surface area (Å²) in [7, 11) is 0. The molecule has 2 aromatic carbocycles. The van der Waals surface area contributed by atoms with Crippen LogP contribution in [0.2, 0.25) is 5.02 Å². The number of fused-ring (bicyclic) bond motifs is 1. The van der Waals surface area contributed by atoms with Crippen LogP contribution < -0.4 is 5.32 Å². The molecule has 5 heteroatoms. The SMILES string of the molecule is Cc1cc(C)c2c(C)c(C(=O)NCC(c3ccc(Cl)cc3)N3CCCCC3)oc2c1. The maximum absolute atomic E-state index is 13.1. The van der Waals surface area contributed by atoms with Crippen molar-refractivity contribution in [2.45, 2.75) is 46.1 Å². The summed E-state index contributed by atoms with van der Waals surface area (Å²) < 4.78 is 5.98. The highest BCUT2D eigenvalue weighted by Crippen LogP contribution is 2.30. The molecule has 1 atom stereocenters. The molecule has 158 valence electrons. The first-order valence-electron chi connectivity index (χ1n) is 10.7. The highest BCUT2D eigenvalue weighted by atomic mass is 35.5. The van der Waals surface area contributed by atoms with E-state index in [0.717, 1.165) is 45.8 Å². The topological polar surface area (TPSA) is 45.5 Å². The van der Waals surface area contributed by atoms with Crippen molar-refractivity contribution in [3.05, 3.63) is 69.4 Å². The number of piperidine rings is 1. The van der Waals surface area contributed by atoms with Gasteiger partial charge in [0.05, 0.1) is 6.04 Å². The number of hydrogen-bond acceptors (Lipinski definition) is 3. The average molecular weight is 425 g/mol. The summed E-state index contributed by atoms with van der Waals surface area (Å²) in [6, 6.07) is 12.2. The number of nitrogens with one attached hydrogen (secondary N) is 1. The van der Waals surface area contributed by atoms with Crippen molar-refractivity contribution in [1.82, 2.24) is 10.2 Å². The minimum Gasteiger partial charge on any atom is -0.451 e. The third-order valence-corrected chi connectivity index (χ3v) is 6.37. The molecule has 1 N–H and O–H groups in total. The fraction of sp³-hybridized carbons (Fsp3) is 0.400. The van der Waals surface area contributed by atoms with Gasteiger partial charge in [-0.25, -0.2) is 0 Å². The molecule has 0 aliphatic carbocycles. The standard InChI is InChI=1S/C25H29ClN2O2/c1-16-13-17(2)23-18(3)24(30-22(23)14-16)25(29)27-15-21(28-11-5-4-6-12-28)19-7-9-20(26)10-8-19/h7-10,13-14,21H,4-6,11-12,15H2,1-3H3,(H,27,29). The van der Waals surface area contributed by atoms with Gasteiger partial charge in [0.15, 0.2) is 5.76 Å².